The Bertz CT molecular complexity index is 1530. The largest absolute Gasteiger partial charge is 0.443 e. The molecule has 3 rings (SSSR count). The second-order valence-corrected chi connectivity index (χ2v) is 23.7. The number of aliphatic imine (C=N–C) groups is 1. The third-order valence-electron chi connectivity index (χ3n) is 7.72. The normalized spacial score (nSPS) is 22.3. The Morgan fingerprint density at radius 3 is 2.35 bits per heavy atom. The number of hydrogen-bond donors (Lipinski definition) is 0. The van der Waals surface area contributed by atoms with Crippen molar-refractivity contribution in [3.8, 4) is 0 Å². The van der Waals surface area contributed by atoms with E-state index < -0.39 is 65.2 Å². The highest BCUT2D eigenvalue weighted by Crippen LogP contribution is 2.52. The van der Waals surface area contributed by atoms with Crippen LogP contribution in [-0.4, -0.2) is 69.6 Å². The van der Waals surface area contributed by atoms with E-state index in [1.54, 1.807) is 46.8 Å². The number of carbonyl (C=O) groups excluding carboxylic acids is 1. The van der Waals surface area contributed by atoms with E-state index in [4.69, 9.17) is 18.6 Å². The first kappa shape index (κ1) is 38.6. The van der Waals surface area contributed by atoms with Crippen molar-refractivity contribution in [1.29, 1.82) is 0 Å². The summed E-state index contributed by atoms with van der Waals surface area (Å²) in [6, 6.07) is 11.2. The number of thioether (sulfide) groups is 1. The van der Waals surface area contributed by atoms with Crippen LogP contribution in [0.3, 0.4) is 0 Å². The van der Waals surface area contributed by atoms with Gasteiger partial charge in [-0.2, -0.15) is 8.42 Å². The molecule has 0 N–H and O–H groups in total. The molecule has 2 aromatic carbocycles. The molecular weight excluding hydrogens is 718 g/mol. The summed E-state index contributed by atoms with van der Waals surface area (Å²) in [5.41, 5.74) is -1.92. The number of aryl methyl sites for hydroxylation is 1. The molecule has 1 aliphatic rings. The molecular formula is C32H45BrF2N2O6S2Si. The molecule has 2 aromatic rings. The van der Waals surface area contributed by atoms with Crippen molar-refractivity contribution < 1.29 is 35.6 Å². The predicted octanol–water partition coefficient (Wildman–Crippen LogP) is 8.51. The van der Waals surface area contributed by atoms with Gasteiger partial charge in [-0.15, -0.1) is 0 Å². The third kappa shape index (κ3) is 9.62. The van der Waals surface area contributed by atoms with E-state index >= 15 is 8.78 Å². The number of amides is 1. The summed E-state index contributed by atoms with van der Waals surface area (Å²) < 4.78 is 74.3. The highest BCUT2D eigenvalue weighted by molar-refractivity contribution is 9.10. The summed E-state index contributed by atoms with van der Waals surface area (Å²) in [5.74, 6) is -1.53. The molecule has 1 aliphatic heterocycles. The van der Waals surface area contributed by atoms with E-state index in [-0.39, 0.29) is 22.4 Å². The fourth-order valence-electron chi connectivity index (χ4n) is 4.71. The van der Waals surface area contributed by atoms with E-state index in [2.05, 4.69) is 35.6 Å². The zero-order valence-corrected chi connectivity index (χ0v) is 32.2. The highest BCUT2D eigenvalue weighted by Gasteiger charge is 2.55. The molecule has 3 atom stereocenters. The molecule has 1 amide bonds. The first-order chi connectivity index (χ1) is 21.1. The first-order valence-electron chi connectivity index (χ1n) is 15.0. The van der Waals surface area contributed by atoms with Gasteiger partial charge in [-0.25, -0.2) is 23.5 Å². The van der Waals surface area contributed by atoms with Gasteiger partial charge < -0.3 is 9.47 Å². The predicted molar refractivity (Wildman–Crippen MR) is 186 cm³/mol. The van der Waals surface area contributed by atoms with Gasteiger partial charge in [0.1, 0.15) is 30.4 Å². The van der Waals surface area contributed by atoms with Gasteiger partial charge in [-0.05, 0) is 71.0 Å². The average molecular weight is 764 g/mol. The second-order valence-electron chi connectivity index (χ2n) is 14.0. The van der Waals surface area contributed by atoms with Gasteiger partial charge >= 0.3 is 6.09 Å². The van der Waals surface area contributed by atoms with Crippen molar-refractivity contribution in [1.82, 2.24) is 4.90 Å². The van der Waals surface area contributed by atoms with E-state index in [0.29, 0.717) is 11.1 Å². The molecule has 0 saturated heterocycles. The summed E-state index contributed by atoms with van der Waals surface area (Å²) in [6.07, 6.45) is -0.792. The number of carbonyl (C=O) groups is 1. The lowest BCUT2D eigenvalue weighted by molar-refractivity contribution is 0.0105. The van der Waals surface area contributed by atoms with Crippen molar-refractivity contribution in [2.75, 3.05) is 26.6 Å². The lowest BCUT2D eigenvalue weighted by Gasteiger charge is -2.49. The number of halogens is 3. The Morgan fingerprint density at radius 1 is 1.15 bits per heavy atom. The minimum Gasteiger partial charge on any atom is -0.443 e. The molecule has 1 heterocycles. The van der Waals surface area contributed by atoms with Gasteiger partial charge in [-0.3, -0.25) is 4.18 Å². The lowest BCUT2D eigenvalue weighted by atomic mass is 9.73. The standard InChI is InChI=1S/C32H45BrF2N2O6S2Si/c1-22-10-13-25(14-11-22)45(39,40)42-20-31(6)23(2)32(19-34,26-18-24(33)12-15-27(26)35)36-28(44-31)37(29(38)43-30(3,4)5)21-41-16-17-46(7,8)9/h10-15,18,23H,16-17,19-21H2,1-9H3/t23-,31-,32+/m1/s1. The van der Waals surface area contributed by atoms with Crippen LogP contribution in [0.25, 0.3) is 0 Å². The highest BCUT2D eigenvalue weighted by atomic mass is 79.9. The van der Waals surface area contributed by atoms with Gasteiger partial charge in [0, 0.05) is 30.6 Å². The molecule has 256 valence electrons. The molecule has 8 nitrogen and oxygen atoms in total. The van der Waals surface area contributed by atoms with Crippen LogP contribution in [-0.2, 0) is 29.3 Å². The number of ether oxygens (including phenoxy) is 2. The minimum absolute atomic E-state index is 0.00351. The summed E-state index contributed by atoms with van der Waals surface area (Å²) in [6.45, 7) is 15.5. The lowest BCUT2D eigenvalue weighted by Crippen LogP contribution is -2.55. The number of amidine groups is 1. The van der Waals surface area contributed by atoms with Crippen molar-refractivity contribution >= 4 is 57.1 Å². The molecule has 0 radical (unpaired) electrons. The van der Waals surface area contributed by atoms with Crippen LogP contribution in [0.4, 0.5) is 13.6 Å². The van der Waals surface area contributed by atoms with Crippen LogP contribution >= 0.6 is 27.7 Å². The maximum atomic E-state index is 15.6. The zero-order chi connectivity index (χ0) is 34.7. The van der Waals surface area contributed by atoms with Crippen LogP contribution in [0.15, 0.2) is 56.8 Å². The number of benzene rings is 2. The minimum atomic E-state index is -4.23. The summed E-state index contributed by atoms with van der Waals surface area (Å²) >= 11 is 4.40. The number of alkyl halides is 1. The van der Waals surface area contributed by atoms with Crippen LogP contribution < -0.4 is 0 Å². The van der Waals surface area contributed by atoms with E-state index in [1.807, 2.05) is 6.92 Å². The fraction of sp³-hybridized carbons (Fsp3) is 0.562. The van der Waals surface area contributed by atoms with Crippen molar-refractivity contribution in [3.05, 3.63) is 63.9 Å². The molecule has 0 saturated carbocycles. The van der Waals surface area contributed by atoms with Gasteiger partial charge in [-0.1, -0.05) is 72.0 Å². The van der Waals surface area contributed by atoms with Crippen LogP contribution in [0.1, 0.15) is 45.7 Å². The topological polar surface area (TPSA) is 94.5 Å². The number of hydrogen-bond acceptors (Lipinski definition) is 8. The van der Waals surface area contributed by atoms with Crippen molar-refractivity contribution in [2.45, 2.75) is 88.0 Å². The molecule has 14 heteroatoms. The smallest absolute Gasteiger partial charge is 0.418 e. The van der Waals surface area contributed by atoms with E-state index in [0.717, 1.165) is 23.4 Å². The van der Waals surface area contributed by atoms with Crippen LogP contribution in [0.5, 0.6) is 0 Å². The fourth-order valence-corrected chi connectivity index (χ4v) is 8.26. The summed E-state index contributed by atoms with van der Waals surface area (Å²) in [7, 11) is -5.70. The van der Waals surface area contributed by atoms with Gasteiger partial charge in [0.15, 0.2) is 5.17 Å². The molecule has 0 aromatic heterocycles. The molecule has 0 aliphatic carbocycles. The molecule has 0 bridgehead atoms. The maximum absolute atomic E-state index is 15.6. The van der Waals surface area contributed by atoms with E-state index in [9.17, 15) is 13.2 Å². The molecule has 46 heavy (non-hydrogen) atoms. The van der Waals surface area contributed by atoms with Crippen molar-refractivity contribution in [3.63, 3.8) is 0 Å². The molecule has 0 fully saturated rings. The van der Waals surface area contributed by atoms with Crippen LogP contribution in [0, 0.1) is 18.7 Å². The molecule has 0 unspecified atom stereocenters. The zero-order valence-electron chi connectivity index (χ0n) is 27.9. The SMILES string of the molecule is Cc1ccc(S(=O)(=O)OC[C@@]2(C)SC(N(COCC[Si](C)(C)C)C(=O)OC(C)(C)C)=N[C@](CF)(c3cc(Br)ccc3F)[C@@H]2C)cc1. The quantitative estimate of drug-likeness (QED) is 0.0981. The Labute approximate surface area is 285 Å². The summed E-state index contributed by atoms with van der Waals surface area (Å²) in [5, 5.41) is -0.00351. The monoisotopic (exact) mass is 762 g/mol. The summed E-state index contributed by atoms with van der Waals surface area (Å²) in [4.78, 5) is 19.6. The second kappa shape index (κ2) is 14.7. The van der Waals surface area contributed by atoms with E-state index in [1.165, 1.54) is 35.2 Å². The van der Waals surface area contributed by atoms with Crippen LogP contribution in [0.2, 0.25) is 25.7 Å². The van der Waals surface area contributed by atoms with Gasteiger partial charge in [0.05, 0.1) is 16.2 Å². The van der Waals surface area contributed by atoms with Gasteiger partial charge in [0.2, 0.25) is 0 Å². The molecule has 0 spiro atoms. The Balaban J connectivity index is 2.15. The van der Waals surface area contributed by atoms with Crippen molar-refractivity contribution in [2.24, 2.45) is 10.9 Å². The first-order valence-corrected chi connectivity index (χ1v) is 21.7. The Hall–Kier alpha value is -1.84. The Morgan fingerprint density at radius 2 is 1.78 bits per heavy atom. The number of nitrogens with zero attached hydrogens (tertiary/aromatic N) is 2. The Kier molecular flexibility index (Phi) is 12.4. The number of rotatable bonds is 11. The van der Waals surface area contributed by atoms with Gasteiger partial charge in [0.25, 0.3) is 10.1 Å². The maximum Gasteiger partial charge on any atom is 0.418 e. The average Bonchev–Trinajstić information content (AvgIpc) is 2.94. The third-order valence-corrected chi connectivity index (χ3v) is 12.6.